The van der Waals surface area contributed by atoms with Gasteiger partial charge in [-0.25, -0.2) is 4.98 Å². The summed E-state index contributed by atoms with van der Waals surface area (Å²) in [5.41, 5.74) is 3.78. The second kappa shape index (κ2) is 7.23. The first-order valence-corrected chi connectivity index (χ1v) is 9.48. The Morgan fingerprint density at radius 1 is 1.23 bits per heavy atom. The molecule has 0 amide bonds. The Kier molecular flexibility index (Phi) is 5.19. The van der Waals surface area contributed by atoms with Crippen LogP contribution in [0.2, 0.25) is 0 Å². The van der Waals surface area contributed by atoms with Gasteiger partial charge in [0, 0.05) is 30.9 Å². The molecule has 5 heteroatoms. The highest BCUT2D eigenvalue weighted by molar-refractivity contribution is 5.49. The number of aryl methyl sites for hydroxylation is 1. The van der Waals surface area contributed by atoms with E-state index in [9.17, 15) is 5.11 Å². The molecular formula is C21H30N4O. The molecule has 0 saturated carbocycles. The number of hydrogen-bond acceptors (Lipinski definition) is 5. The normalized spacial score (nSPS) is 15.5. The van der Waals surface area contributed by atoms with Gasteiger partial charge in [0.25, 0.3) is 0 Å². The van der Waals surface area contributed by atoms with Crippen LogP contribution in [0.4, 0.5) is 11.8 Å². The third-order valence-electron chi connectivity index (χ3n) is 5.08. The van der Waals surface area contributed by atoms with Gasteiger partial charge in [-0.3, -0.25) is 0 Å². The lowest BCUT2D eigenvalue weighted by molar-refractivity contribution is 0.0785. The van der Waals surface area contributed by atoms with Crippen molar-refractivity contribution in [2.24, 2.45) is 0 Å². The van der Waals surface area contributed by atoms with Crippen molar-refractivity contribution < 1.29 is 5.11 Å². The molecule has 2 aromatic rings. The number of fused-ring (bicyclic) bond motifs is 1. The number of nitrogens with zero attached hydrogens (tertiary/aromatic N) is 3. The average molecular weight is 354 g/mol. The van der Waals surface area contributed by atoms with Crippen LogP contribution < -0.4 is 10.2 Å². The van der Waals surface area contributed by atoms with Gasteiger partial charge in [0.05, 0.1) is 5.60 Å². The minimum Gasteiger partial charge on any atom is -0.386 e. The topological polar surface area (TPSA) is 61.3 Å². The van der Waals surface area contributed by atoms with E-state index in [2.05, 4.69) is 47.2 Å². The zero-order chi connectivity index (χ0) is 18.9. The predicted octanol–water partition coefficient (Wildman–Crippen LogP) is 3.79. The molecule has 1 aromatic carbocycles. The molecule has 0 saturated heterocycles. The van der Waals surface area contributed by atoms with Crippen LogP contribution >= 0.6 is 0 Å². The molecule has 0 radical (unpaired) electrons. The molecule has 3 rings (SSSR count). The fourth-order valence-corrected chi connectivity index (χ4v) is 3.23. The summed E-state index contributed by atoms with van der Waals surface area (Å²) in [4.78, 5) is 11.6. The molecule has 0 aliphatic carbocycles. The highest BCUT2D eigenvalue weighted by atomic mass is 16.3. The van der Waals surface area contributed by atoms with E-state index in [1.54, 1.807) is 0 Å². The van der Waals surface area contributed by atoms with Crippen LogP contribution in [-0.2, 0) is 18.6 Å². The molecule has 26 heavy (non-hydrogen) atoms. The molecule has 0 bridgehead atoms. The molecule has 0 unspecified atom stereocenters. The number of benzene rings is 1. The number of anilines is 2. The second-order valence-electron chi connectivity index (χ2n) is 7.86. The van der Waals surface area contributed by atoms with Gasteiger partial charge in [-0.15, -0.1) is 0 Å². The van der Waals surface area contributed by atoms with Crippen molar-refractivity contribution in [2.75, 3.05) is 16.8 Å². The van der Waals surface area contributed by atoms with Gasteiger partial charge in [0.15, 0.2) is 0 Å². The fourth-order valence-electron chi connectivity index (χ4n) is 3.23. The van der Waals surface area contributed by atoms with Crippen molar-refractivity contribution >= 4 is 11.8 Å². The Bertz CT molecular complexity index is 782. The van der Waals surface area contributed by atoms with E-state index in [-0.39, 0.29) is 0 Å². The molecule has 1 atom stereocenters. The minimum absolute atomic E-state index is 0.354. The monoisotopic (exact) mass is 354 g/mol. The SMILES string of the molecule is CC[C@H](C)Nc1nc(C)cc(N2CCc3cc(C(C)(C)O)ccc3C2)n1. The molecule has 140 valence electrons. The Labute approximate surface area is 156 Å². The van der Waals surface area contributed by atoms with Gasteiger partial charge in [-0.2, -0.15) is 4.98 Å². The van der Waals surface area contributed by atoms with E-state index >= 15 is 0 Å². The number of aliphatic hydroxyl groups is 1. The summed E-state index contributed by atoms with van der Waals surface area (Å²) in [6.07, 6.45) is 1.99. The minimum atomic E-state index is -0.799. The summed E-state index contributed by atoms with van der Waals surface area (Å²) in [5.74, 6) is 1.68. The van der Waals surface area contributed by atoms with Gasteiger partial charge in [-0.05, 0) is 57.2 Å². The molecular weight excluding hydrogens is 324 g/mol. The summed E-state index contributed by atoms with van der Waals surface area (Å²) in [6.45, 7) is 11.7. The summed E-state index contributed by atoms with van der Waals surface area (Å²) >= 11 is 0. The molecule has 2 N–H and O–H groups in total. The summed E-state index contributed by atoms with van der Waals surface area (Å²) in [6, 6.07) is 8.73. The first kappa shape index (κ1) is 18.6. The third-order valence-corrected chi connectivity index (χ3v) is 5.08. The zero-order valence-electron chi connectivity index (χ0n) is 16.5. The number of hydrogen-bond donors (Lipinski definition) is 2. The van der Waals surface area contributed by atoms with E-state index in [0.29, 0.717) is 12.0 Å². The Morgan fingerprint density at radius 2 is 2.00 bits per heavy atom. The van der Waals surface area contributed by atoms with Crippen LogP contribution in [0.1, 0.15) is 56.5 Å². The van der Waals surface area contributed by atoms with Crippen LogP contribution in [0.25, 0.3) is 0 Å². The van der Waals surface area contributed by atoms with E-state index in [1.165, 1.54) is 11.1 Å². The highest BCUT2D eigenvalue weighted by Gasteiger charge is 2.22. The lowest BCUT2D eigenvalue weighted by Gasteiger charge is -2.31. The van der Waals surface area contributed by atoms with Gasteiger partial charge in [0.1, 0.15) is 5.82 Å². The molecule has 0 spiro atoms. The maximum Gasteiger partial charge on any atom is 0.225 e. The lowest BCUT2D eigenvalue weighted by Crippen LogP contribution is -2.32. The predicted molar refractivity (Wildman–Crippen MR) is 107 cm³/mol. The van der Waals surface area contributed by atoms with Crippen LogP contribution in [0.3, 0.4) is 0 Å². The standard InChI is InChI=1S/C21H30N4O/c1-6-14(2)22-20-23-15(3)11-19(24-20)25-10-9-16-12-18(21(4,5)26)8-7-17(16)13-25/h7-8,11-12,14,26H,6,9-10,13H2,1-5H3,(H,22,23,24)/t14-/m0/s1. The van der Waals surface area contributed by atoms with Crippen LogP contribution in [-0.4, -0.2) is 27.7 Å². The summed E-state index contributed by atoms with van der Waals surface area (Å²) in [5, 5.41) is 13.6. The molecule has 5 nitrogen and oxygen atoms in total. The van der Waals surface area contributed by atoms with Gasteiger partial charge in [0.2, 0.25) is 5.95 Å². The van der Waals surface area contributed by atoms with Gasteiger partial charge < -0.3 is 15.3 Å². The lowest BCUT2D eigenvalue weighted by atomic mass is 9.91. The molecule has 1 aliphatic rings. The number of nitrogens with one attached hydrogen (secondary N) is 1. The van der Waals surface area contributed by atoms with Crippen molar-refractivity contribution in [3.63, 3.8) is 0 Å². The van der Waals surface area contributed by atoms with Crippen molar-refractivity contribution in [3.8, 4) is 0 Å². The van der Waals surface area contributed by atoms with E-state index < -0.39 is 5.60 Å². The first-order valence-electron chi connectivity index (χ1n) is 9.48. The molecule has 1 aliphatic heterocycles. The third kappa shape index (κ3) is 4.15. The Balaban J connectivity index is 1.82. The Morgan fingerprint density at radius 3 is 2.69 bits per heavy atom. The average Bonchev–Trinajstić information content (AvgIpc) is 2.59. The van der Waals surface area contributed by atoms with Crippen LogP contribution in [0, 0.1) is 6.92 Å². The zero-order valence-corrected chi connectivity index (χ0v) is 16.5. The Hall–Kier alpha value is -2.14. The second-order valence-corrected chi connectivity index (χ2v) is 7.86. The summed E-state index contributed by atoms with van der Waals surface area (Å²) in [7, 11) is 0. The van der Waals surface area contributed by atoms with Crippen LogP contribution in [0.15, 0.2) is 24.3 Å². The van der Waals surface area contributed by atoms with E-state index in [1.807, 2.05) is 26.8 Å². The summed E-state index contributed by atoms with van der Waals surface area (Å²) < 4.78 is 0. The maximum absolute atomic E-state index is 10.2. The fraction of sp³-hybridized carbons (Fsp3) is 0.524. The maximum atomic E-state index is 10.2. The molecule has 1 aromatic heterocycles. The van der Waals surface area contributed by atoms with E-state index in [4.69, 9.17) is 4.98 Å². The molecule has 2 heterocycles. The first-order chi connectivity index (χ1) is 12.3. The molecule has 0 fully saturated rings. The van der Waals surface area contributed by atoms with E-state index in [0.717, 1.165) is 43.0 Å². The van der Waals surface area contributed by atoms with Gasteiger partial charge >= 0.3 is 0 Å². The smallest absolute Gasteiger partial charge is 0.225 e. The number of rotatable bonds is 5. The van der Waals surface area contributed by atoms with Crippen molar-refractivity contribution in [1.29, 1.82) is 0 Å². The van der Waals surface area contributed by atoms with Crippen LogP contribution in [0.5, 0.6) is 0 Å². The van der Waals surface area contributed by atoms with Gasteiger partial charge in [-0.1, -0.05) is 25.1 Å². The van der Waals surface area contributed by atoms with Crippen molar-refractivity contribution in [1.82, 2.24) is 9.97 Å². The highest BCUT2D eigenvalue weighted by Crippen LogP contribution is 2.28. The van der Waals surface area contributed by atoms with Crippen molar-refractivity contribution in [3.05, 3.63) is 46.6 Å². The van der Waals surface area contributed by atoms with Crippen molar-refractivity contribution in [2.45, 2.75) is 65.6 Å². The number of aromatic nitrogens is 2. The quantitative estimate of drug-likeness (QED) is 0.855. The largest absolute Gasteiger partial charge is 0.386 e.